The second-order valence-corrected chi connectivity index (χ2v) is 4.55. The fourth-order valence-corrected chi connectivity index (χ4v) is 2.24. The third-order valence-electron chi connectivity index (χ3n) is 3.04. The Morgan fingerprint density at radius 1 is 1.62 bits per heavy atom. The van der Waals surface area contributed by atoms with E-state index in [2.05, 4.69) is 17.3 Å². The van der Waals surface area contributed by atoms with Crippen LogP contribution in [0.5, 0.6) is 0 Å². The van der Waals surface area contributed by atoms with Crippen molar-refractivity contribution in [3.63, 3.8) is 0 Å². The zero-order chi connectivity index (χ0) is 11.7. The molecular weight excluding hydrogens is 208 g/mol. The molecule has 1 heterocycles. The van der Waals surface area contributed by atoms with Crippen molar-refractivity contribution in [3.05, 3.63) is 16.3 Å². The van der Waals surface area contributed by atoms with Gasteiger partial charge in [-0.25, -0.2) is 0 Å². The predicted octanol–water partition coefficient (Wildman–Crippen LogP) is 1.93. The van der Waals surface area contributed by atoms with Gasteiger partial charge in [0.1, 0.15) is 6.20 Å². The maximum atomic E-state index is 10.8. The molecule has 0 bridgehead atoms. The van der Waals surface area contributed by atoms with Gasteiger partial charge < -0.3 is 5.32 Å². The van der Waals surface area contributed by atoms with Crippen LogP contribution < -0.4 is 5.32 Å². The lowest BCUT2D eigenvalue weighted by molar-refractivity contribution is -0.384. The van der Waals surface area contributed by atoms with Crippen LogP contribution in [0.4, 0.5) is 11.5 Å². The van der Waals surface area contributed by atoms with Gasteiger partial charge in [0.15, 0.2) is 0 Å². The molecule has 0 aromatic carbocycles. The summed E-state index contributed by atoms with van der Waals surface area (Å²) in [6.07, 6.45) is 4.74. The van der Waals surface area contributed by atoms with Gasteiger partial charge in [0, 0.05) is 13.1 Å². The Hall–Kier alpha value is -1.59. The van der Waals surface area contributed by atoms with Crippen molar-refractivity contribution < 1.29 is 4.92 Å². The molecule has 6 heteroatoms. The molecule has 6 nitrogen and oxygen atoms in total. The minimum Gasteiger partial charge on any atom is -0.360 e. The second-order valence-electron chi connectivity index (χ2n) is 4.55. The lowest BCUT2D eigenvalue weighted by atomic mass is 10.1. The quantitative estimate of drug-likeness (QED) is 0.629. The van der Waals surface area contributed by atoms with Crippen LogP contribution in [-0.4, -0.2) is 20.7 Å². The van der Waals surface area contributed by atoms with Crippen molar-refractivity contribution in [2.45, 2.75) is 32.2 Å². The summed E-state index contributed by atoms with van der Waals surface area (Å²) >= 11 is 0. The molecule has 16 heavy (non-hydrogen) atoms. The van der Waals surface area contributed by atoms with E-state index in [-0.39, 0.29) is 5.69 Å². The molecule has 88 valence electrons. The van der Waals surface area contributed by atoms with Gasteiger partial charge in [-0.15, -0.1) is 5.10 Å². The molecule has 2 atom stereocenters. The largest absolute Gasteiger partial charge is 0.360 e. The van der Waals surface area contributed by atoms with Crippen LogP contribution in [0, 0.1) is 16.0 Å². The third-order valence-corrected chi connectivity index (χ3v) is 3.04. The summed E-state index contributed by atoms with van der Waals surface area (Å²) in [7, 11) is 1.69. The van der Waals surface area contributed by atoms with E-state index in [1.54, 1.807) is 7.05 Å². The summed E-state index contributed by atoms with van der Waals surface area (Å²) in [4.78, 5) is 10.4. The van der Waals surface area contributed by atoms with Crippen molar-refractivity contribution in [1.29, 1.82) is 0 Å². The molecular formula is C10H16N4O2. The zero-order valence-corrected chi connectivity index (χ0v) is 9.51. The van der Waals surface area contributed by atoms with Crippen molar-refractivity contribution in [1.82, 2.24) is 9.78 Å². The van der Waals surface area contributed by atoms with E-state index in [0.29, 0.717) is 17.8 Å². The fourth-order valence-electron chi connectivity index (χ4n) is 2.24. The number of anilines is 1. The van der Waals surface area contributed by atoms with Crippen molar-refractivity contribution in [3.8, 4) is 0 Å². The fraction of sp³-hybridized carbons (Fsp3) is 0.700. The van der Waals surface area contributed by atoms with Gasteiger partial charge >= 0.3 is 5.69 Å². The highest BCUT2D eigenvalue weighted by atomic mass is 16.6. The second kappa shape index (κ2) is 4.11. The summed E-state index contributed by atoms with van der Waals surface area (Å²) < 4.78 is 1.47. The highest BCUT2D eigenvalue weighted by molar-refractivity contribution is 5.55. The van der Waals surface area contributed by atoms with Gasteiger partial charge in [-0.05, 0) is 25.2 Å². The van der Waals surface area contributed by atoms with E-state index in [1.807, 2.05) is 0 Å². The van der Waals surface area contributed by atoms with E-state index in [4.69, 9.17) is 0 Å². The standard InChI is InChI=1S/C10H16N4O2/c1-7-3-4-8(5-7)11-10-9(14(15)16)6-13(2)12-10/h6-8H,3-5H2,1-2H3,(H,11,12). The molecule has 1 aromatic rings. The van der Waals surface area contributed by atoms with Gasteiger partial charge in [0.25, 0.3) is 0 Å². The third kappa shape index (κ3) is 2.15. The van der Waals surface area contributed by atoms with Crippen molar-refractivity contribution >= 4 is 11.5 Å². The lowest BCUT2D eigenvalue weighted by Crippen LogP contribution is -2.16. The first kappa shape index (κ1) is 10.9. The first-order chi connectivity index (χ1) is 7.56. The number of hydrogen-bond acceptors (Lipinski definition) is 4. The average molecular weight is 224 g/mol. The van der Waals surface area contributed by atoms with Crippen LogP contribution in [0.1, 0.15) is 26.2 Å². The van der Waals surface area contributed by atoms with Gasteiger partial charge in [-0.2, -0.15) is 0 Å². The molecule has 0 amide bonds. The molecule has 0 spiro atoms. The summed E-state index contributed by atoms with van der Waals surface area (Å²) in [5.74, 6) is 1.09. The van der Waals surface area contributed by atoms with E-state index in [1.165, 1.54) is 17.3 Å². The van der Waals surface area contributed by atoms with Crippen LogP contribution in [-0.2, 0) is 7.05 Å². The number of hydrogen-bond donors (Lipinski definition) is 1. The SMILES string of the molecule is CC1CCC(Nc2nn(C)cc2[N+](=O)[O-])C1. The van der Waals surface area contributed by atoms with E-state index in [0.717, 1.165) is 12.8 Å². The van der Waals surface area contributed by atoms with E-state index < -0.39 is 4.92 Å². The lowest BCUT2D eigenvalue weighted by Gasteiger charge is -2.10. The first-order valence-corrected chi connectivity index (χ1v) is 5.51. The maximum Gasteiger partial charge on any atom is 0.330 e. The number of rotatable bonds is 3. The number of nitro groups is 1. The Morgan fingerprint density at radius 3 is 2.94 bits per heavy atom. The molecule has 0 saturated heterocycles. The molecule has 0 aliphatic heterocycles. The highest BCUT2D eigenvalue weighted by Gasteiger charge is 2.25. The minimum atomic E-state index is -0.395. The molecule has 1 fully saturated rings. The number of aryl methyl sites for hydroxylation is 1. The topological polar surface area (TPSA) is 73.0 Å². The van der Waals surface area contributed by atoms with Gasteiger partial charge in [-0.3, -0.25) is 14.8 Å². The minimum absolute atomic E-state index is 0.0575. The van der Waals surface area contributed by atoms with Crippen LogP contribution in [0.3, 0.4) is 0 Å². The maximum absolute atomic E-state index is 10.8. The molecule has 1 aliphatic carbocycles. The molecule has 2 rings (SSSR count). The average Bonchev–Trinajstić information content (AvgIpc) is 2.74. The highest BCUT2D eigenvalue weighted by Crippen LogP contribution is 2.30. The van der Waals surface area contributed by atoms with Crippen LogP contribution in [0.15, 0.2) is 6.20 Å². The summed E-state index contributed by atoms with van der Waals surface area (Å²) in [6, 6.07) is 0.323. The smallest absolute Gasteiger partial charge is 0.330 e. The Morgan fingerprint density at radius 2 is 2.38 bits per heavy atom. The van der Waals surface area contributed by atoms with Crippen LogP contribution in [0.25, 0.3) is 0 Å². The Balaban J connectivity index is 2.11. The molecule has 1 saturated carbocycles. The Bertz CT molecular complexity index is 402. The number of aromatic nitrogens is 2. The van der Waals surface area contributed by atoms with Crippen molar-refractivity contribution in [2.24, 2.45) is 13.0 Å². The van der Waals surface area contributed by atoms with Gasteiger partial charge in [-0.1, -0.05) is 6.92 Å². The molecule has 1 N–H and O–H groups in total. The summed E-state index contributed by atoms with van der Waals surface area (Å²) in [5, 5.41) is 18.0. The summed E-state index contributed by atoms with van der Waals surface area (Å²) in [5.41, 5.74) is 0.0575. The first-order valence-electron chi connectivity index (χ1n) is 5.51. The number of nitrogens with zero attached hydrogens (tertiary/aromatic N) is 3. The molecule has 2 unspecified atom stereocenters. The van der Waals surface area contributed by atoms with E-state index in [9.17, 15) is 10.1 Å². The number of nitrogens with one attached hydrogen (secondary N) is 1. The zero-order valence-electron chi connectivity index (χ0n) is 9.51. The van der Waals surface area contributed by atoms with Crippen molar-refractivity contribution in [2.75, 3.05) is 5.32 Å². The Labute approximate surface area is 93.8 Å². The normalized spacial score (nSPS) is 24.6. The van der Waals surface area contributed by atoms with Gasteiger partial charge in [0.05, 0.1) is 4.92 Å². The van der Waals surface area contributed by atoms with E-state index >= 15 is 0 Å². The predicted molar refractivity (Wildman–Crippen MR) is 60.3 cm³/mol. The summed E-state index contributed by atoms with van der Waals surface area (Å²) in [6.45, 7) is 2.20. The van der Waals surface area contributed by atoms with Gasteiger partial charge in [0.2, 0.25) is 5.82 Å². The molecule has 1 aliphatic rings. The van der Waals surface area contributed by atoms with Crippen LogP contribution in [0.2, 0.25) is 0 Å². The Kier molecular flexibility index (Phi) is 2.80. The molecule has 1 aromatic heterocycles. The molecule has 0 radical (unpaired) electrons. The van der Waals surface area contributed by atoms with Crippen LogP contribution >= 0.6 is 0 Å². The monoisotopic (exact) mass is 224 g/mol.